The Morgan fingerprint density at radius 1 is 1.25 bits per heavy atom. The van der Waals surface area contributed by atoms with E-state index in [-0.39, 0.29) is 31.3 Å². The fraction of sp³-hybridized carbons (Fsp3) is 0.900. The maximum absolute atomic E-state index is 12.4. The van der Waals surface area contributed by atoms with Gasteiger partial charge in [-0.2, -0.15) is 13.2 Å². The van der Waals surface area contributed by atoms with Crippen LogP contribution in [-0.4, -0.2) is 31.7 Å². The van der Waals surface area contributed by atoms with E-state index in [1.54, 1.807) is 0 Å². The Bertz CT molecular complexity index is 235. The predicted octanol–water partition coefficient (Wildman–Crippen LogP) is 1.44. The minimum atomic E-state index is -4.06. The maximum Gasteiger partial charge on any atom is 0.391 e. The van der Waals surface area contributed by atoms with Gasteiger partial charge in [0, 0.05) is 13.1 Å². The van der Waals surface area contributed by atoms with E-state index < -0.39 is 12.1 Å². The number of carbonyl (C=O) groups is 1. The first-order chi connectivity index (χ1) is 7.43. The number of halogens is 3. The second-order valence-corrected chi connectivity index (χ2v) is 4.14. The van der Waals surface area contributed by atoms with E-state index in [1.165, 1.54) is 7.05 Å². The Morgan fingerprint density at radius 3 is 2.25 bits per heavy atom. The van der Waals surface area contributed by atoms with Crippen molar-refractivity contribution < 1.29 is 18.0 Å². The van der Waals surface area contributed by atoms with Crippen LogP contribution in [-0.2, 0) is 4.79 Å². The summed E-state index contributed by atoms with van der Waals surface area (Å²) in [6, 6.07) is 0.0379. The van der Waals surface area contributed by atoms with Gasteiger partial charge < -0.3 is 10.6 Å². The summed E-state index contributed by atoms with van der Waals surface area (Å²) in [4.78, 5) is 10.9. The molecule has 0 aromatic heterocycles. The first-order valence-corrected chi connectivity index (χ1v) is 5.44. The van der Waals surface area contributed by atoms with Crippen LogP contribution < -0.4 is 10.6 Å². The number of alkyl halides is 3. The lowest BCUT2D eigenvalue weighted by molar-refractivity contribution is -0.182. The van der Waals surface area contributed by atoms with Crippen molar-refractivity contribution in [1.29, 1.82) is 0 Å². The molecular weight excluding hydrogens is 221 g/mol. The standard InChI is InChI=1S/C10H17F3N2O/c1-14-9(16)6-15-8-4-2-7(3-5-8)10(11,12)13/h7-8,15H,2-6H2,1H3,(H,14,16). The molecule has 6 heteroatoms. The van der Waals surface area contributed by atoms with Crippen molar-refractivity contribution in [3.05, 3.63) is 0 Å². The average molecular weight is 238 g/mol. The lowest BCUT2D eigenvalue weighted by Crippen LogP contribution is -2.41. The van der Waals surface area contributed by atoms with E-state index in [0.717, 1.165) is 0 Å². The summed E-state index contributed by atoms with van der Waals surface area (Å²) in [5, 5.41) is 5.42. The third-order valence-corrected chi connectivity index (χ3v) is 3.02. The highest BCUT2D eigenvalue weighted by Crippen LogP contribution is 2.37. The SMILES string of the molecule is CNC(=O)CNC1CCC(C(F)(F)F)CC1. The molecule has 94 valence electrons. The number of carbonyl (C=O) groups excluding carboxylic acids is 1. The summed E-state index contributed by atoms with van der Waals surface area (Å²) in [7, 11) is 1.53. The monoisotopic (exact) mass is 238 g/mol. The van der Waals surface area contributed by atoms with Crippen molar-refractivity contribution in [1.82, 2.24) is 10.6 Å². The molecule has 0 unspecified atom stereocenters. The van der Waals surface area contributed by atoms with Crippen LogP contribution in [0.1, 0.15) is 25.7 Å². The summed E-state index contributed by atoms with van der Waals surface area (Å²) >= 11 is 0. The van der Waals surface area contributed by atoms with E-state index in [4.69, 9.17) is 0 Å². The zero-order valence-corrected chi connectivity index (χ0v) is 9.23. The van der Waals surface area contributed by atoms with Gasteiger partial charge in [0.15, 0.2) is 0 Å². The highest BCUT2D eigenvalue weighted by Gasteiger charge is 2.41. The summed E-state index contributed by atoms with van der Waals surface area (Å²) in [5.41, 5.74) is 0. The molecule has 0 spiro atoms. The molecule has 0 atom stereocenters. The van der Waals surface area contributed by atoms with E-state index in [9.17, 15) is 18.0 Å². The third kappa shape index (κ3) is 4.00. The zero-order valence-electron chi connectivity index (χ0n) is 9.23. The van der Waals surface area contributed by atoms with Gasteiger partial charge >= 0.3 is 6.18 Å². The van der Waals surface area contributed by atoms with E-state index in [2.05, 4.69) is 10.6 Å². The number of likely N-dealkylation sites (N-methyl/N-ethyl adjacent to an activating group) is 1. The highest BCUT2D eigenvalue weighted by atomic mass is 19.4. The van der Waals surface area contributed by atoms with Crippen molar-refractivity contribution in [3.8, 4) is 0 Å². The van der Waals surface area contributed by atoms with Gasteiger partial charge in [-0.1, -0.05) is 0 Å². The molecule has 0 saturated heterocycles. The van der Waals surface area contributed by atoms with Gasteiger partial charge in [0.1, 0.15) is 0 Å². The summed E-state index contributed by atoms with van der Waals surface area (Å²) in [6.45, 7) is 0.178. The van der Waals surface area contributed by atoms with Gasteiger partial charge in [0.05, 0.1) is 12.5 Å². The molecule has 16 heavy (non-hydrogen) atoms. The van der Waals surface area contributed by atoms with Crippen molar-refractivity contribution in [3.63, 3.8) is 0 Å². The Hall–Kier alpha value is -0.780. The van der Waals surface area contributed by atoms with Crippen LogP contribution in [0.5, 0.6) is 0 Å². The number of nitrogens with one attached hydrogen (secondary N) is 2. The molecule has 1 aliphatic rings. The molecule has 0 aromatic rings. The number of rotatable bonds is 3. The molecule has 1 amide bonds. The molecule has 0 aliphatic heterocycles. The van der Waals surface area contributed by atoms with Gasteiger partial charge in [0.25, 0.3) is 0 Å². The molecule has 1 fully saturated rings. The van der Waals surface area contributed by atoms with Gasteiger partial charge in [-0.25, -0.2) is 0 Å². The lowest BCUT2D eigenvalue weighted by atomic mass is 9.85. The molecule has 1 aliphatic carbocycles. The summed E-state index contributed by atoms with van der Waals surface area (Å²) in [5.74, 6) is -1.30. The van der Waals surface area contributed by atoms with Crippen LogP contribution in [0.3, 0.4) is 0 Å². The molecule has 0 aromatic carbocycles. The summed E-state index contributed by atoms with van der Waals surface area (Å²) in [6.07, 6.45) is -2.77. The Kier molecular flexibility index (Phi) is 4.58. The van der Waals surface area contributed by atoms with E-state index in [0.29, 0.717) is 12.8 Å². The molecule has 0 heterocycles. The van der Waals surface area contributed by atoms with Gasteiger partial charge in [-0.3, -0.25) is 4.79 Å². The number of hydrogen-bond acceptors (Lipinski definition) is 2. The van der Waals surface area contributed by atoms with Crippen LogP contribution in [0.15, 0.2) is 0 Å². The van der Waals surface area contributed by atoms with Gasteiger partial charge in [0.2, 0.25) is 5.91 Å². The molecular formula is C10H17F3N2O. The quantitative estimate of drug-likeness (QED) is 0.781. The van der Waals surface area contributed by atoms with Crippen molar-refractivity contribution in [2.24, 2.45) is 5.92 Å². The highest BCUT2D eigenvalue weighted by molar-refractivity contribution is 5.77. The lowest BCUT2D eigenvalue weighted by Gasteiger charge is -2.30. The van der Waals surface area contributed by atoms with Crippen LogP contribution >= 0.6 is 0 Å². The molecule has 1 saturated carbocycles. The third-order valence-electron chi connectivity index (χ3n) is 3.02. The summed E-state index contributed by atoms with van der Waals surface area (Å²) < 4.78 is 37.1. The molecule has 3 nitrogen and oxygen atoms in total. The van der Waals surface area contributed by atoms with E-state index >= 15 is 0 Å². The van der Waals surface area contributed by atoms with Crippen LogP contribution in [0, 0.1) is 5.92 Å². The van der Waals surface area contributed by atoms with Crippen LogP contribution in [0.25, 0.3) is 0 Å². The smallest absolute Gasteiger partial charge is 0.358 e. The second kappa shape index (κ2) is 5.52. The minimum Gasteiger partial charge on any atom is -0.358 e. The fourth-order valence-electron chi connectivity index (χ4n) is 1.95. The predicted molar refractivity (Wildman–Crippen MR) is 53.9 cm³/mol. The Balaban J connectivity index is 2.25. The molecule has 0 bridgehead atoms. The zero-order chi connectivity index (χ0) is 12.2. The average Bonchev–Trinajstić information content (AvgIpc) is 2.25. The van der Waals surface area contributed by atoms with Gasteiger partial charge in [-0.05, 0) is 25.7 Å². The van der Waals surface area contributed by atoms with Crippen molar-refractivity contribution >= 4 is 5.91 Å². The van der Waals surface area contributed by atoms with Crippen LogP contribution in [0.2, 0.25) is 0 Å². The van der Waals surface area contributed by atoms with Crippen LogP contribution in [0.4, 0.5) is 13.2 Å². The largest absolute Gasteiger partial charge is 0.391 e. The second-order valence-electron chi connectivity index (χ2n) is 4.14. The molecule has 2 N–H and O–H groups in total. The van der Waals surface area contributed by atoms with E-state index in [1.807, 2.05) is 0 Å². The van der Waals surface area contributed by atoms with Gasteiger partial charge in [-0.15, -0.1) is 0 Å². The van der Waals surface area contributed by atoms with Crippen molar-refractivity contribution in [2.75, 3.05) is 13.6 Å². The Morgan fingerprint density at radius 2 is 1.81 bits per heavy atom. The Labute approximate surface area is 92.8 Å². The van der Waals surface area contributed by atoms with Crippen molar-refractivity contribution in [2.45, 2.75) is 37.9 Å². The maximum atomic E-state index is 12.4. The fourth-order valence-corrected chi connectivity index (χ4v) is 1.95. The normalized spacial score (nSPS) is 26.5. The topological polar surface area (TPSA) is 41.1 Å². The molecule has 0 radical (unpaired) electrons. The number of amides is 1. The first-order valence-electron chi connectivity index (χ1n) is 5.44. The first kappa shape index (κ1) is 13.3. The minimum absolute atomic E-state index is 0.0379. The molecule has 1 rings (SSSR count). The number of hydrogen-bond donors (Lipinski definition) is 2.